The van der Waals surface area contributed by atoms with E-state index in [1.807, 2.05) is 45.3 Å². The van der Waals surface area contributed by atoms with Gasteiger partial charge < -0.3 is 4.90 Å². The fourth-order valence-corrected chi connectivity index (χ4v) is 6.96. The number of aryl methyl sites for hydroxylation is 2. The van der Waals surface area contributed by atoms with Gasteiger partial charge in [-0.15, -0.1) is 0 Å². The molecule has 0 N–H and O–H groups in total. The van der Waals surface area contributed by atoms with Crippen molar-refractivity contribution in [1.29, 1.82) is 0 Å². The van der Waals surface area contributed by atoms with E-state index in [2.05, 4.69) is 17.9 Å². The summed E-state index contributed by atoms with van der Waals surface area (Å²) >= 11 is 1.51. The number of anilines is 2. The van der Waals surface area contributed by atoms with E-state index < -0.39 is 10.0 Å². The zero-order valence-electron chi connectivity index (χ0n) is 22.5. The molecule has 0 spiro atoms. The molecule has 0 unspecified atom stereocenters. The molecule has 3 aromatic carbocycles. The van der Waals surface area contributed by atoms with E-state index in [9.17, 15) is 13.2 Å². The molecule has 0 aliphatic heterocycles. The lowest BCUT2D eigenvalue weighted by Gasteiger charge is -2.23. The lowest BCUT2D eigenvalue weighted by molar-refractivity contribution is 0.0986. The largest absolute Gasteiger partial charge is 0.309 e. The average Bonchev–Trinajstić information content (AvgIpc) is 3.31. The molecule has 1 amide bonds. The first-order valence-electron chi connectivity index (χ1n) is 12.6. The van der Waals surface area contributed by atoms with Crippen molar-refractivity contribution in [2.75, 3.05) is 42.9 Å². The molecule has 7 nitrogen and oxygen atoms in total. The van der Waals surface area contributed by atoms with Crippen LogP contribution < -0.4 is 9.21 Å². The van der Waals surface area contributed by atoms with Gasteiger partial charge >= 0.3 is 0 Å². The second kappa shape index (κ2) is 11.6. The minimum absolute atomic E-state index is 0.144. The molecular formula is C29H34N4O3S2. The Kier molecular flexibility index (Phi) is 8.50. The van der Waals surface area contributed by atoms with Gasteiger partial charge in [0, 0.05) is 18.7 Å². The van der Waals surface area contributed by atoms with E-state index in [0.717, 1.165) is 34.3 Å². The lowest BCUT2D eigenvalue weighted by atomic mass is 10.1. The molecule has 38 heavy (non-hydrogen) atoms. The summed E-state index contributed by atoms with van der Waals surface area (Å²) in [6, 6.07) is 19.4. The van der Waals surface area contributed by atoms with Crippen LogP contribution in [0.1, 0.15) is 34.8 Å². The molecule has 0 fully saturated rings. The molecule has 0 saturated carbocycles. The molecule has 0 aliphatic rings. The quantitative estimate of drug-likeness (QED) is 0.252. The summed E-state index contributed by atoms with van der Waals surface area (Å²) in [5.74, 6) is -0.198. The minimum atomic E-state index is -3.78. The summed E-state index contributed by atoms with van der Waals surface area (Å²) in [4.78, 5) is 22.5. The van der Waals surface area contributed by atoms with Crippen LogP contribution in [0.4, 0.5) is 10.8 Å². The number of thiazole rings is 1. The number of fused-ring (bicyclic) bond motifs is 1. The summed E-state index contributed by atoms with van der Waals surface area (Å²) < 4.78 is 29.2. The Bertz CT molecular complexity index is 1510. The first-order chi connectivity index (χ1) is 18.1. The molecule has 1 heterocycles. The lowest BCUT2D eigenvalue weighted by Crippen LogP contribution is -2.33. The second-order valence-electron chi connectivity index (χ2n) is 9.57. The van der Waals surface area contributed by atoms with Crippen LogP contribution in [0.3, 0.4) is 0 Å². The van der Waals surface area contributed by atoms with Crippen molar-refractivity contribution >= 4 is 48.3 Å². The van der Waals surface area contributed by atoms with Crippen LogP contribution in [0.2, 0.25) is 0 Å². The monoisotopic (exact) mass is 550 g/mol. The average molecular weight is 551 g/mol. The summed E-state index contributed by atoms with van der Waals surface area (Å²) in [6.07, 6.45) is 0.779. The highest BCUT2D eigenvalue weighted by Crippen LogP contribution is 2.33. The molecule has 4 rings (SSSR count). The Hall–Kier alpha value is -3.27. The summed E-state index contributed by atoms with van der Waals surface area (Å²) in [7, 11) is 0.232. The first kappa shape index (κ1) is 27.8. The summed E-state index contributed by atoms with van der Waals surface area (Å²) in [6.45, 7) is 7.53. The van der Waals surface area contributed by atoms with Gasteiger partial charge in [-0.1, -0.05) is 35.6 Å². The number of rotatable bonds is 10. The standard InChI is InChI=1S/C29H34N4O3S2/c1-6-33(24-11-8-7-9-12-24)38(35,36)25-15-13-23(14-16-25)28(34)32(18-10-17-31(4)5)29-30-26-20-21(2)19-22(3)27(26)37-29/h7-9,11-16,19-20H,6,10,17-18H2,1-5H3. The predicted molar refractivity (Wildman–Crippen MR) is 157 cm³/mol. The Morgan fingerprint density at radius 3 is 2.26 bits per heavy atom. The zero-order valence-corrected chi connectivity index (χ0v) is 24.1. The van der Waals surface area contributed by atoms with Crippen molar-refractivity contribution in [3.63, 3.8) is 0 Å². The van der Waals surface area contributed by atoms with Gasteiger partial charge in [-0.05, 0) is 101 Å². The van der Waals surface area contributed by atoms with Crippen molar-refractivity contribution in [2.24, 2.45) is 0 Å². The van der Waals surface area contributed by atoms with E-state index in [-0.39, 0.29) is 10.8 Å². The van der Waals surface area contributed by atoms with Crippen LogP contribution in [0.25, 0.3) is 10.2 Å². The number of hydrogen-bond acceptors (Lipinski definition) is 6. The van der Waals surface area contributed by atoms with Gasteiger partial charge in [-0.2, -0.15) is 0 Å². The zero-order chi connectivity index (χ0) is 27.4. The number of aromatic nitrogens is 1. The van der Waals surface area contributed by atoms with E-state index in [0.29, 0.717) is 29.5 Å². The first-order valence-corrected chi connectivity index (χ1v) is 14.9. The molecule has 0 saturated heterocycles. The van der Waals surface area contributed by atoms with E-state index in [1.54, 1.807) is 36.1 Å². The van der Waals surface area contributed by atoms with Gasteiger partial charge in [-0.3, -0.25) is 14.0 Å². The maximum atomic E-state index is 13.7. The van der Waals surface area contributed by atoms with Gasteiger partial charge in [0.2, 0.25) is 0 Å². The van der Waals surface area contributed by atoms with Gasteiger partial charge in [0.15, 0.2) is 5.13 Å². The van der Waals surface area contributed by atoms with E-state index in [4.69, 9.17) is 4.98 Å². The number of sulfonamides is 1. The van der Waals surface area contributed by atoms with Crippen LogP contribution in [0.15, 0.2) is 71.6 Å². The Labute approximate surface area is 229 Å². The Balaban J connectivity index is 1.65. The number of carbonyl (C=O) groups is 1. The smallest absolute Gasteiger partial charge is 0.264 e. The third-order valence-corrected chi connectivity index (χ3v) is 9.44. The van der Waals surface area contributed by atoms with Crippen LogP contribution >= 0.6 is 11.3 Å². The number of hydrogen-bond donors (Lipinski definition) is 0. The molecule has 0 radical (unpaired) electrons. The van der Waals surface area contributed by atoms with Crippen molar-refractivity contribution < 1.29 is 13.2 Å². The fraction of sp³-hybridized carbons (Fsp3) is 0.310. The van der Waals surface area contributed by atoms with Gasteiger partial charge in [0.1, 0.15) is 0 Å². The molecular weight excluding hydrogens is 516 g/mol. The summed E-state index contributed by atoms with van der Waals surface area (Å²) in [5, 5.41) is 0.649. The van der Waals surface area contributed by atoms with Gasteiger partial charge in [0.05, 0.1) is 20.8 Å². The van der Waals surface area contributed by atoms with Crippen LogP contribution in [-0.4, -0.2) is 57.9 Å². The minimum Gasteiger partial charge on any atom is -0.309 e. The van der Waals surface area contributed by atoms with E-state index in [1.165, 1.54) is 27.8 Å². The topological polar surface area (TPSA) is 73.8 Å². The third-order valence-electron chi connectivity index (χ3n) is 6.29. The van der Waals surface area contributed by atoms with Crippen LogP contribution in [-0.2, 0) is 10.0 Å². The molecule has 1 aromatic heterocycles. The van der Waals surface area contributed by atoms with Gasteiger partial charge in [-0.25, -0.2) is 13.4 Å². The molecule has 0 bridgehead atoms. The predicted octanol–water partition coefficient (Wildman–Crippen LogP) is 5.73. The molecule has 9 heteroatoms. The molecule has 4 aromatic rings. The Morgan fingerprint density at radius 2 is 1.63 bits per heavy atom. The molecule has 200 valence electrons. The molecule has 0 aliphatic carbocycles. The van der Waals surface area contributed by atoms with Crippen molar-refractivity contribution in [2.45, 2.75) is 32.1 Å². The highest BCUT2D eigenvalue weighted by Gasteiger charge is 2.26. The number of benzene rings is 3. The number of amides is 1. The van der Waals surface area contributed by atoms with Crippen LogP contribution in [0, 0.1) is 13.8 Å². The maximum Gasteiger partial charge on any atom is 0.264 e. The highest BCUT2D eigenvalue weighted by atomic mass is 32.2. The number of carbonyl (C=O) groups excluding carboxylic acids is 1. The van der Waals surface area contributed by atoms with Gasteiger partial charge in [0.25, 0.3) is 15.9 Å². The van der Waals surface area contributed by atoms with Crippen molar-refractivity contribution in [1.82, 2.24) is 9.88 Å². The second-order valence-corrected chi connectivity index (χ2v) is 12.4. The van der Waals surface area contributed by atoms with Crippen molar-refractivity contribution in [3.05, 3.63) is 83.4 Å². The van der Waals surface area contributed by atoms with Crippen LogP contribution in [0.5, 0.6) is 0 Å². The molecule has 0 atom stereocenters. The maximum absolute atomic E-state index is 13.7. The highest BCUT2D eigenvalue weighted by molar-refractivity contribution is 7.92. The third kappa shape index (κ3) is 5.90. The fourth-order valence-electron chi connectivity index (χ4n) is 4.45. The number of nitrogens with zero attached hydrogens (tertiary/aromatic N) is 4. The Morgan fingerprint density at radius 1 is 0.947 bits per heavy atom. The van der Waals surface area contributed by atoms with Crippen molar-refractivity contribution in [3.8, 4) is 0 Å². The number of para-hydroxylation sites is 1. The summed E-state index contributed by atoms with van der Waals surface area (Å²) in [5.41, 5.74) is 4.17. The van der Waals surface area contributed by atoms with E-state index >= 15 is 0 Å². The normalized spacial score (nSPS) is 11.7. The SMILES string of the molecule is CCN(c1ccccc1)S(=O)(=O)c1ccc(C(=O)N(CCCN(C)C)c2nc3cc(C)cc(C)c3s2)cc1.